The number of benzene rings is 3. The molecule has 7 heteroatoms. The summed E-state index contributed by atoms with van der Waals surface area (Å²) in [5.41, 5.74) is 2.58. The lowest BCUT2D eigenvalue weighted by molar-refractivity contribution is -0.173. The average molecular weight is 560 g/mol. The van der Waals surface area contributed by atoms with Gasteiger partial charge in [-0.2, -0.15) is 0 Å². The molecule has 1 amide bonds. The normalized spacial score (nSPS) is 19.7. The van der Waals surface area contributed by atoms with Gasteiger partial charge in [0.15, 0.2) is 14.4 Å². The second-order valence-electron chi connectivity index (χ2n) is 11.8. The Morgan fingerprint density at radius 1 is 0.875 bits per heavy atom. The van der Waals surface area contributed by atoms with Crippen LogP contribution in [0.5, 0.6) is 0 Å². The highest BCUT2D eigenvalue weighted by Gasteiger charge is 2.48. The van der Waals surface area contributed by atoms with Gasteiger partial charge in [0.05, 0.1) is 0 Å². The summed E-state index contributed by atoms with van der Waals surface area (Å²) in [7, 11) is -1.94. The number of carbonyl (C=O) groups excluding carboxylic acids is 2. The number of carbonyl (C=O) groups is 2. The van der Waals surface area contributed by atoms with E-state index in [1.165, 1.54) is 0 Å². The van der Waals surface area contributed by atoms with Gasteiger partial charge in [-0.1, -0.05) is 112 Å². The van der Waals surface area contributed by atoms with E-state index in [2.05, 4.69) is 33.9 Å². The van der Waals surface area contributed by atoms with Gasteiger partial charge in [0.2, 0.25) is 0 Å². The van der Waals surface area contributed by atoms with Crippen LogP contribution < -0.4 is 0 Å². The van der Waals surface area contributed by atoms with Gasteiger partial charge in [-0.15, -0.1) is 0 Å². The van der Waals surface area contributed by atoms with Crippen molar-refractivity contribution in [3.05, 3.63) is 108 Å². The molecule has 0 spiro atoms. The Kier molecular flexibility index (Phi) is 9.48. The van der Waals surface area contributed by atoms with Crippen LogP contribution in [0.2, 0.25) is 18.1 Å². The SMILES string of the molecule is CC(C)(C)[Si](C)(C)OCCC[C@H]1C(=O)O[C@H](c2ccccc2)[C@H](c2ccccc2)N1C(=O)OCc1ccccc1. The molecule has 1 aliphatic rings. The number of hydrogen-bond acceptors (Lipinski definition) is 5. The molecule has 212 valence electrons. The van der Waals surface area contributed by atoms with Crippen LogP contribution in [0.25, 0.3) is 0 Å². The summed E-state index contributed by atoms with van der Waals surface area (Å²) >= 11 is 0. The zero-order chi connectivity index (χ0) is 28.8. The number of amides is 1. The molecule has 0 N–H and O–H groups in total. The van der Waals surface area contributed by atoms with Crippen LogP contribution in [0, 0.1) is 0 Å². The van der Waals surface area contributed by atoms with Gasteiger partial charge >= 0.3 is 12.1 Å². The minimum absolute atomic E-state index is 0.0886. The van der Waals surface area contributed by atoms with E-state index in [9.17, 15) is 9.59 Å². The van der Waals surface area contributed by atoms with Crippen LogP contribution in [0.15, 0.2) is 91.0 Å². The summed E-state index contributed by atoms with van der Waals surface area (Å²) in [6.45, 7) is 11.7. The minimum Gasteiger partial charge on any atom is -0.453 e. The molecule has 3 aromatic rings. The van der Waals surface area contributed by atoms with Crippen molar-refractivity contribution in [1.82, 2.24) is 4.90 Å². The van der Waals surface area contributed by atoms with E-state index in [0.29, 0.717) is 19.4 Å². The lowest BCUT2D eigenvalue weighted by atomic mass is 9.90. The first kappa shape index (κ1) is 29.6. The molecule has 3 atom stereocenters. The second kappa shape index (κ2) is 12.8. The van der Waals surface area contributed by atoms with Gasteiger partial charge in [-0.3, -0.25) is 4.90 Å². The molecule has 1 heterocycles. The molecule has 0 aliphatic carbocycles. The largest absolute Gasteiger partial charge is 0.453 e. The van der Waals surface area contributed by atoms with Gasteiger partial charge in [0, 0.05) is 6.61 Å². The molecule has 40 heavy (non-hydrogen) atoms. The summed E-state index contributed by atoms with van der Waals surface area (Å²) in [6.07, 6.45) is -0.170. The van der Waals surface area contributed by atoms with E-state index < -0.39 is 38.6 Å². The standard InChI is InChI=1S/C33H41NO5Si/c1-33(2,3)40(4,5)38-23-15-22-28-31(35)39-30(27-20-13-8-14-21-27)29(26-18-11-7-12-19-26)34(28)32(36)37-24-25-16-9-6-10-17-25/h6-14,16-21,28-30H,15,22-24H2,1-5H3/t28-,29-,30+/m0/s1. The van der Waals surface area contributed by atoms with E-state index >= 15 is 0 Å². The van der Waals surface area contributed by atoms with Crippen LogP contribution in [-0.2, 0) is 25.3 Å². The zero-order valence-corrected chi connectivity index (χ0v) is 25.2. The quantitative estimate of drug-likeness (QED) is 0.152. The number of morpholine rings is 1. The minimum atomic E-state index is -1.94. The highest BCUT2D eigenvalue weighted by atomic mass is 28.4. The first-order valence-corrected chi connectivity index (χ1v) is 16.9. The first-order chi connectivity index (χ1) is 19.1. The number of hydrogen-bond donors (Lipinski definition) is 0. The molecule has 1 aliphatic heterocycles. The fourth-order valence-electron chi connectivity index (χ4n) is 4.71. The van der Waals surface area contributed by atoms with Gasteiger partial charge in [-0.25, -0.2) is 9.59 Å². The fourth-order valence-corrected chi connectivity index (χ4v) is 5.80. The van der Waals surface area contributed by atoms with Gasteiger partial charge < -0.3 is 13.9 Å². The van der Waals surface area contributed by atoms with Crippen molar-refractivity contribution in [1.29, 1.82) is 0 Å². The predicted molar refractivity (Wildman–Crippen MR) is 159 cm³/mol. The maximum Gasteiger partial charge on any atom is 0.411 e. The number of ether oxygens (including phenoxy) is 2. The molecule has 1 fully saturated rings. The Morgan fingerprint density at radius 2 is 1.43 bits per heavy atom. The molecular formula is C33H41NO5Si. The average Bonchev–Trinajstić information content (AvgIpc) is 2.95. The van der Waals surface area contributed by atoms with Crippen LogP contribution >= 0.6 is 0 Å². The lowest BCUT2D eigenvalue weighted by Crippen LogP contribution is -2.54. The molecule has 0 bridgehead atoms. The summed E-state index contributed by atoms with van der Waals surface area (Å²) < 4.78 is 18.3. The predicted octanol–water partition coefficient (Wildman–Crippen LogP) is 7.84. The molecule has 1 saturated heterocycles. The molecule has 0 aromatic heterocycles. The summed E-state index contributed by atoms with van der Waals surface area (Å²) in [5.74, 6) is -0.426. The molecule has 4 rings (SSSR count). The van der Waals surface area contributed by atoms with Gasteiger partial charge in [0.25, 0.3) is 0 Å². The Morgan fingerprint density at radius 3 is 2.00 bits per heavy atom. The van der Waals surface area contributed by atoms with Crippen molar-refractivity contribution in [2.75, 3.05) is 6.61 Å². The first-order valence-electron chi connectivity index (χ1n) is 14.0. The maximum atomic E-state index is 13.9. The topological polar surface area (TPSA) is 65.1 Å². The number of nitrogens with zero attached hydrogens (tertiary/aromatic N) is 1. The molecule has 0 unspecified atom stereocenters. The molecule has 0 radical (unpaired) electrons. The molecule has 6 nitrogen and oxygen atoms in total. The van der Waals surface area contributed by atoms with Crippen LogP contribution in [0.4, 0.5) is 4.79 Å². The molecular weight excluding hydrogens is 518 g/mol. The van der Waals surface area contributed by atoms with Gasteiger partial charge in [0.1, 0.15) is 18.7 Å². The van der Waals surface area contributed by atoms with Gasteiger partial charge in [-0.05, 0) is 47.7 Å². The third-order valence-corrected chi connectivity index (χ3v) is 12.6. The van der Waals surface area contributed by atoms with Crippen LogP contribution in [0.1, 0.15) is 62.4 Å². The van der Waals surface area contributed by atoms with Crippen LogP contribution in [-0.4, -0.2) is 37.9 Å². The Bertz CT molecular complexity index is 1240. The summed E-state index contributed by atoms with van der Waals surface area (Å²) in [5, 5.41) is 0.0886. The number of esters is 1. The Hall–Kier alpha value is -3.42. The van der Waals surface area contributed by atoms with Crippen molar-refractivity contribution >= 4 is 20.4 Å². The third-order valence-electron chi connectivity index (χ3n) is 8.01. The lowest BCUT2D eigenvalue weighted by Gasteiger charge is -2.44. The highest BCUT2D eigenvalue weighted by Crippen LogP contribution is 2.43. The van der Waals surface area contributed by atoms with E-state index in [0.717, 1.165) is 16.7 Å². The fraction of sp³-hybridized carbons (Fsp3) is 0.394. The van der Waals surface area contributed by atoms with Crippen molar-refractivity contribution in [2.45, 2.75) is 76.5 Å². The maximum absolute atomic E-state index is 13.9. The van der Waals surface area contributed by atoms with Crippen molar-refractivity contribution in [3.63, 3.8) is 0 Å². The van der Waals surface area contributed by atoms with E-state index in [4.69, 9.17) is 13.9 Å². The third kappa shape index (κ3) is 7.01. The molecule has 0 saturated carbocycles. The van der Waals surface area contributed by atoms with E-state index in [1.807, 2.05) is 91.0 Å². The van der Waals surface area contributed by atoms with E-state index in [-0.39, 0.29) is 11.6 Å². The van der Waals surface area contributed by atoms with Crippen molar-refractivity contribution in [2.24, 2.45) is 0 Å². The van der Waals surface area contributed by atoms with Crippen LogP contribution in [0.3, 0.4) is 0 Å². The van der Waals surface area contributed by atoms with E-state index in [1.54, 1.807) is 4.90 Å². The Labute approximate surface area is 239 Å². The second-order valence-corrected chi connectivity index (χ2v) is 16.6. The van der Waals surface area contributed by atoms with Crippen molar-refractivity contribution in [3.8, 4) is 0 Å². The summed E-state index contributed by atoms with van der Waals surface area (Å²) in [4.78, 5) is 29.1. The zero-order valence-electron chi connectivity index (χ0n) is 24.2. The molecule has 3 aromatic carbocycles. The smallest absolute Gasteiger partial charge is 0.411 e. The monoisotopic (exact) mass is 559 g/mol. The highest BCUT2D eigenvalue weighted by molar-refractivity contribution is 6.74. The number of cyclic esters (lactones) is 1. The summed E-state index contributed by atoms with van der Waals surface area (Å²) in [6, 6.07) is 27.5. The van der Waals surface area contributed by atoms with Crippen molar-refractivity contribution < 1.29 is 23.5 Å². The number of rotatable bonds is 9. The Balaban J connectivity index is 1.64.